The second kappa shape index (κ2) is 6.23. The Bertz CT molecular complexity index is 391. The predicted molar refractivity (Wildman–Crippen MR) is 80.8 cm³/mol. The van der Waals surface area contributed by atoms with Gasteiger partial charge in [0, 0.05) is 18.8 Å². The number of rotatable bonds is 5. The molecule has 0 aliphatic carbocycles. The Hall–Kier alpha value is -1.03. The molecule has 1 aliphatic rings. The molecular weight excluding hydrogens is 244 g/mol. The number of hydrogen-bond donors (Lipinski definition) is 1. The zero-order valence-electron chi connectivity index (χ0n) is 11.2. The van der Waals surface area contributed by atoms with Crippen molar-refractivity contribution in [1.82, 2.24) is 0 Å². The average molecular weight is 266 g/mol. The van der Waals surface area contributed by atoms with Crippen molar-refractivity contribution < 1.29 is 4.74 Å². The third kappa shape index (κ3) is 2.86. The molecule has 2 rings (SSSR count). The molecule has 1 atom stereocenters. The molecule has 100 valence electrons. The van der Waals surface area contributed by atoms with Crippen molar-refractivity contribution >= 4 is 23.1 Å². The Morgan fingerprint density at radius 3 is 3.00 bits per heavy atom. The highest BCUT2D eigenvalue weighted by Crippen LogP contribution is 2.35. The summed E-state index contributed by atoms with van der Waals surface area (Å²) in [5.74, 6) is 3.25. The van der Waals surface area contributed by atoms with Crippen LogP contribution in [0.4, 0.5) is 11.4 Å². The minimum absolute atomic E-state index is 0.596. The normalized spacial score (nSPS) is 18.9. The summed E-state index contributed by atoms with van der Waals surface area (Å²) in [6.45, 7) is 2.82. The Labute approximate surface area is 114 Å². The molecule has 2 N–H and O–H groups in total. The Balaban J connectivity index is 2.16. The van der Waals surface area contributed by atoms with Gasteiger partial charge in [0.05, 0.1) is 18.0 Å². The van der Waals surface area contributed by atoms with Gasteiger partial charge in [-0.1, -0.05) is 13.0 Å². The van der Waals surface area contributed by atoms with Crippen LogP contribution in [0.15, 0.2) is 18.2 Å². The number of anilines is 2. The van der Waals surface area contributed by atoms with Crippen LogP contribution in [0, 0.1) is 0 Å². The molecule has 1 aromatic carbocycles. The first-order valence-electron chi connectivity index (χ1n) is 6.56. The highest BCUT2D eigenvalue weighted by Gasteiger charge is 2.22. The van der Waals surface area contributed by atoms with Gasteiger partial charge < -0.3 is 15.4 Å². The van der Waals surface area contributed by atoms with E-state index in [0.717, 1.165) is 30.2 Å². The summed E-state index contributed by atoms with van der Waals surface area (Å²) in [4.78, 5) is 2.30. The van der Waals surface area contributed by atoms with Gasteiger partial charge in [0.1, 0.15) is 5.75 Å². The van der Waals surface area contributed by atoms with Crippen LogP contribution in [0.1, 0.15) is 19.8 Å². The van der Waals surface area contributed by atoms with E-state index in [1.54, 1.807) is 0 Å². The number of nitrogen functional groups attached to an aromatic ring is 1. The van der Waals surface area contributed by atoms with E-state index in [1.165, 1.54) is 17.9 Å². The van der Waals surface area contributed by atoms with E-state index in [2.05, 4.69) is 24.9 Å². The van der Waals surface area contributed by atoms with Gasteiger partial charge in [-0.05, 0) is 30.7 Å². The third-order valence-electron chi connectivity index (χ3n) is 3.34. The van der Waals surface area contributed by atoms with Crippen LogP contribution in [0.25, 0.3) is 0 Å². The molecule has 0 saturated carbocycles. The van der Waals surface area contributed by atoms with Crippen molar-refractivity contribution in [2.24, 2.45) is 0 Å². The maximum atomic E-state index is 6.22. The van der Waals surface area contributed by atoms with Gasteiger partial charge in [-0.15, -0.1) is 0 Å². The van der Waals surface area contributed by atoms with Crippen molar-refractivity contribution in [3.05, 3.63) is 18.2 Å². The van der Waals surface area contributed by atoms with Crippen molar-refractivity contribution in [1.29, 1.82) is 0 Å². The van der Waals surface area contributed by atoms with Crippen molar-refractivity contribution in [3.63, 3.8) is 0 Å². The molecule has 0 radical (unpaired) electrons. The van der Waals surface area contributed by atoms with Gasteiger partial charge in [0.15, 0.2) is 0 Å². The zero-order valence-corrected chi connectivity index (χ0v) is 12.0. The van der Waals surface area contributed by atoms with Crippen LogP contribution in [0.2, 0.25) is 0 Å². The molecule has 1 saturated heterocycles. The molecule has 1 aromatic rings. The van der Waals surface area contributed by atoms with Gasteiger partial charge >= 0.3 is 0 Å². The number of ether oxygens (including phenoxy) is 1. The van der Waals surface area contributed by atoms with E-state index in [1.807, 2.05) is 23.9 Å². The molecule has 18 heavy (non-hydrogen) atoms. The molecule has 0 amide bonds. The molecule has 0 aromatic heterocycles. The largest absolute Gasteiger partial charge is 0.491 e. The van der Waals surface area contributed by atoms with E-state index < -0.39 is 0 Å². The van der Waals surface area contributed by atoms with E-state index in [0.29, 0.717) is 6.04 Å². The third-order valence-corrected chi connectivity index (χ3v) is 4.48. The van der Waals surface area contributed by atoms with Crippen LogP contribution in [-0.2, 0) is 0 Å². The number of hydrogen-bond acceptors (Lipinski definition) is 4. The second-order valence-corrected chi connectivity index (χ2v) is 5.82. The number of para-hydroxylation sites is 1. The monoisotopic (exact) mass is 266 g/mol. The highest BCUT2D eigenvalue weighted by atomic mass is 32.2. The lowest BCUT2D eigenvalue weighted by Gasteiger charge is -2.28. The first-order valence-corrected chi connectivity index (χ1v) is 7.71. The van der Waals surface area contributed by atoms with Crippen LogP contribution in [0.5, 0.6) is 5.75 Å². The smallest absolute Gasteiger partial charge is 0.144 e. The molecule has 0 bridgehead atoms. The van der Waals surface area contributed by atoms with Crippen LogP contribution >= 0.6 is 11.8 Å². The number of nitrogens with zero attached hydrogens (tertiary/aromatic N) is 1. The number of benzene rings is 1. The summed E-state index contributed by atoms with van der Waals surface area (Å²) in [7, 11) is 2.13. The molecule has 4 heteroatoms. The van der Waals surface area contributed by atoms with E-state index in [4.69, 9.17) is 10.5 Å². The number of thioether (sulfide) groups is 1. The Morgan fingerprint density at radius 1 is 1.50 bits per heavy atom. The topological polar surface area (TPSA) is 38.5 Å². The standard InChI is InChI=1S/C14H22N2OS/c1-3-8-17-13-6-4-5-12(14(13)15)16(2)11-7-9-18-10-11/h4-6,11H,3,7-10,15H2,1-2H3. The predicted octanol–water partition coefficient (Wildman–Crippen LogP) is 3.00. The van der Waals surface area contributed by atoms with Gasteiger partial charge in [0.25, 0.3) is 0 Å². The molecule has 3 nitrogen and oxygen atoms in total. The van der Waals surface area contributed by atoms with Crippen LogP contribution in [0.3, 0.4) is 0 Å². The van der Waals surface area contributed by atoms with Crippen molar-refractivity contribution in [3.8, 4) is 5.75 Å². The lowest BCUT2D eigenvalue weighted by molar-refractivity contribution is 0.319. The Morgan fingerprint density at radius 2 is 2.33 bits per heavy atom. The molecule has 1 aliphatic heterocycles. The van der Waals surface area contributed by atoms with Gasteiger partial charge in [0.2, 0.25) is 0 Å². The molecule has 1 fully saturated rings. The summed E-state index contributed by atoms with van der Waals surface area (Å²) in [6, 6.07) is 6.65. The first kappa shape index (κ1) is 13.4. The van der Waals surface area contributed by atoms with Crippen molar-refractivity contribution in [2.45, 2.75) is 25.8 Å². The molecular formula is C14H22N2OS. The lowest BCUT2D eigenvalue weighted by atomic mass is 10.1. The summed E-state index contributed by atoms with van der Waals surface area (Å²) in [5.41, 5.74) is 8.08. The Kier molecular flexibility index (Phi) is 4.64. The summed E-state index contributed by atoms with van der Waals surface area (Å²) in [6.07, 6.45) is 2.24. The highest BCUT2D eigenvalue weighted by molar-refractivity contribution is 7.99. The molecule has 0 spiro atoms. The maximum absolute atomic E-state index is 6.22. The second-order valence-electron chi connectivity index (χ2n) is 4.67. The number of nitrogens with two attached hydrogens (primary N) is 1. The maximum Gasteiger partial charge on any atom is 0.144 e. The molecule has 1 unspecified atom stereocenters. The van der Waals surface area contributed by atoms with Crippen LogP contribution < -0.4 is 15.4 Å². The fourth-order valence-corrected chi connectivity index (χ4v) is 3.47. The average Bonchev–Trinajstić information content (AvgIpc) is 2.91. The summed E-state index contributed by atoms with van der Waals surface area (Å²) >= 11 is 2.02. The van der Waals surface area contributed by atoms with Crippen molar-refractivity contribution in [2.75, 3.05) is 35.8 Å². The minimum Gasteiger partial charge on any atom is -0.491 e. The van der Waals surface area contributed by atoms with E-state index in [9.17, 15) is 0 Å². The van der Waals surface area contributed by atoms with E-state index >= 15 is 0 Å². The summed E-state index contributed by atoms with van der Waals surface area (Å²) < 4.78 is 5.68. The fraction of sp³-hybridized carbons (Fsp3) is 0.571. The first-order chi connectivity index (χ1) is 8.74. The van der Waals surface area contributed by atoms with Gasteiger partial charge in [-0.2, -0.15) is 11.8 Å². The zero-order chi connectivity index (χ0) is 13.0. The van der Waals surface area contributed by atoms with Crippen LogP contribution in [-0.4, -0.2) is 31.2 Å². The quantitative estimate of drug-likeness (QED) is 0.832. The van der Waals surface area contributed by atoms with Gasteiger partial charge in [-0.3, -0.25) is 0 Å². The fourth-order valence-electron chi connectivity index (χ4n) is 2.20. The molecule has 1 heterocycles. The minimum atomic E-state index is 0.596. The lowest BCUT2D eigenvalue weighted by Crippen LogP contribution is -2.31. The van der Waals surface area contributed by atoms with Gasteiger partial charge in [-0.25, -0.2) is 0 Å². The summed E-state index contributed by atoms with van der Waals surface area (Å²) in [5, 5.41) is 0. The van der Waals surface area contributed by atoms with E-state index in [-0.39, 0.29) is 0 Å². The SMILES string of the molecule is CCCOc1cccc(N(C)C2CCSC2)c1N.